The lowest BCUT2D eigenvalue weighted by Crippen LogP contribution is -2.20. The van der Waals surface area contributed by atoms with E-state index in [4.69, 9.17) is 27.9 Å². The van der Waals surface area contributed by atoms with Gasteiger partial charge in [0.05, 0.1) is 6.61 Å². The van der Waals surface area contributed by atoms with Crippen molar-refractivity contribution in [2.45, 2.75) is 56.7 Å². The van der Waals surface area contributed by atoms with Gasteiger partial charge in [0, 0.05) is 9.50 Å². The van der Waals surface area contributed by atoms with Crippen LogP contribution < -0.4 is 0 Å². The summed E-state index contributed by atoms with van der Waals surface area (Å²) in [5.74, 6) is 0.147. The van der Waals surface area contributed by atoms with Crippen LogP contribution in [-0.2, 0) is 16.0 Å². The first kappa shape index (κ1) is 18.1. The van der Waals surface area contributed by atoms with Gasteiger partial charge in [0.2, 0.25) is 0 Å². The van der Waals surface area contributed by atoms with E-state index in [2.05, 4.69) is 15.9 Å². The summed E-state index contributed by atoms with van der Waals surface area (Å²) >= 11 is 16.3. The summed E-state index contributed by atoms with van der Waals surface area (Å²) in [5, 5.41) is 0.0902. The summed E-state index contributed by atoms with van der Waals surface area (Å²) in [6.45, 7) is 2.11. The summed E-state index contributed by atoms with van der Waals surface area (Å²) in [6, 6.07) is 3.97. The molecule has 0 N–H and O–H groups in total. The third-order valence-electron chi connectivity index (χ3n) is 4.11. The van der Waals surface area contributed by atoms with Crippen LogP contribution in [0.5, 0.6) is 0 Å². The highest BCUT2D eigenvalue weighted by Crippen LogP contribution is 2.41. The molecule has 0 spiro atoms. The molecule has 1 atom stereocenters. The van der Waals surface area contributed by atoms with Crippen molar-refractivity contribution in [3.8, 4) is 0 Å². The van der Waals surface area contributed by atoms with Gasteiger partial charge in [-0.1, -0.05) is 46.8 Å². The second kappa shape index (κ2) is 8.56. The fourth-order valence-electron chi connectivity index (χ4n) is 3.06. The Labute approximate surface area is 150 Å². The van der Waals surface area contributed by atoms with E-state index in [-0.39, 0.29) is 5.97 Å². The standard InChI is InChI=1S/C17H21BrCl2O2/c1-2-22-17(21)15(20)10-11-8-13(18)16(14(19)9-11)12-6-4-3-5-7-12/h8-9,12,15H,2-7,10H2,1H3. The van der Waals surface area contributed by atoms with Crippen LogP contribution in [-0.4, -0.2) is 18.0 Å². The molecule has 1 aliphatic rings. The Balaban J connectivity index is 2.13. The number of benzene rings is 1. The second-order valence-corrected chi connectivity index (χ2v) is 7.52. The molecule has 1 saturated carbocycles. The minimum atomic E-state index is -0.677. The van der Waals surface area contributed by atoms with E-state index in [0.29, 0.717) is 18.9 Å². The van der Waals surface area contributed by atoms with Crippen molar-refractivity contribution in [3.05, 3.63) is 32.8 Å². The van der Waals surface area contributed by atoms with Gasteiger partial charge in [0.15, 0.2) is 0 Å². The molecule has 22 heavy (non-hydrogen) atoms. The number of rotatable bonds is 5. The molecule has 0 radical (unpaired) electrons. The Hall–Kier alpha value is -0.250. The minimum Gasteiger partial charge on any atom is -0.465 e. The molecule has 122 valence electrons. The van der Waals surface area contributed by atoms with Crippen molar-refractivity contribution in [2.24, 2.45) is 0 Å². The summed E-state index contributed by atoms with van der Waals surface area (Å²) in [6.07, 6.45) is 6.65. The summed E-state index contributed by atoms with van der Waals surface area (Å²) in [4.78, 5) is 11.6. The molecule has 1 unspecified atom stereocenters. The van der Waals surface area contributed by atoms with E-state index < -0.39 is 5.38 Å². The molecule has 2 nitrogen and oxygen atoms in total. The van der Waals surface area contributed by atoms with Crippen molar-refractivity contribution < 1.29 is 9.53 Å². The van der Waals surface area contributed by atoms with Crippen LogP contribution in [0.3, 0.4) is 0 Å². The summed E-state index contributed by atoms with van der Waals surface area (Å²) in [7, 11) is 0. The van der Waals surface area contributed by atoms with Crippen LogP contribution in [0, 0.1) is 0 Å². The SMILES string of the molecule is CCOC(=O)C(Cl)Cc1cc(Cl)c(C2CCCCC2)c(Br)c1. The topological polar surface area (TPSA) is 26.3 Å². The van der Waals surface area contributed by atoms with Gasteiger partial charge < -0.3 is 4.74 Å². The maximum absolute atomic E-state index is 11.6. The smallest absolute Gasteiger partial charge is 0.324 e. The summed E-state index contributed by atoms with van der Waals surface area (Å²) < 4.78 is 5.96. The number of halogens is 3. The molecule has 0 saturated heterocycles. The summed E-state index contributed by atoms with van der Waals surface area (Å²) in [5.41, 5.74) is 2.15. The fraction of sp³-hybridized carbons (Fsp3) is 0.588. The molecule has 5 heteroatoms. The van der Waals surface area contributed by atoms with Gasteiger partial charge in [-0.25, -0.2) is 0 Å². The monoisotopic (exact) mass is 406 g/mol. The lowest BCUT2D eigenvalue weighted by atomic mass is 9.83. The molecule has 0 amide bonds. The maximum Gasteiger partial charge on any atom is 0.324 e. The molecular formula is C17H21BrCl2O2. The van der Waals surface area contributed by atoms with Gasteiger partial charge in [-0.2, -0.15) is 0 Å². The van der Waals surface area contributed by atoms with Crippen LogP contribution >= 0.6 is 39.1 Å². The molecular weight excluding hydrogens is 387 g/mol. The lowest BCUT2D eigenvalue weighted by Gasteiger charge is -2.24. The number of alkyl halides is 1. The molecule has 0 heterocycles. The van der Waals surface area contributed by atoms with Crippen LogP contribution in [0.4, 0.5) is 0 Å². The Bertz CT molecular complexity index is 504. The molecule has 1 fully saturated rings. The van der Waals surface area contributed by atoms with Gasteiger partial charge in [0.1, 0.15) is 5.38 Å². The van der Waals surface area contributed by atoms with E-state index in [1.165, 1.54) is 37.7 Å². The highest BCUT2D eigenvalue weighted by atomic mass is 79.9. The first-order valence-electron chi connectivity index (χ1n) is 7.81. The fourth-order valence-corrected chi connectivity index (χ4v) is 4.64. The molecule has 2 rings (SSSR count). The van der Waals surface area contributed by atoms with Crippen LogP contribution in [0.1, 0.15) is 56.1 Å². The largest absolute Gasteiger partial charge is 0.465 e. The first-order valence-corrected chi connectivity index (χ1v) is 9.42. The number of hydrogen-bond acceptors (Lipinski definition) is 2. The Morgan fingerprint density at radius 2 is 2.05 bits per heavy atom. The quantitative estimate of drug-likeness (QED) is 0.451. The number of esters is 1. The Morgan fingerprint density at radius 3 is 2.64 bits per heavy atom. The zero-order valence-corrected chi connectivity index (χ0v) is 15.8. The zero-order valence-electron chi connectivity index (χ0n) is 12.7. The van der Waals surface area contributed by atoms with Crippen LogP contribution in [0.25, 0.3) is 0 Å². The van der Waals surface area contributed by atoms with Gasteiger partial charge in [0.25, 0.3) is 0 Å². The molecule has 0 bridgehead atoms. The van der Waals surface area contributed by atoms with E-state index in [1.54, 1.807) is 6.92 Å². The van der Waals surface area contributed by atoms with Crippen molar-refractivity contribution in [1.29, 1.82) is 0 Å². The minimum absolute atomic E-state index is 0.340. The third kappa shape index (κ3) is 4.62. The second-order valence-electron chi connectivity index (χ2n) is 5.73. The van der Waals surface area contributed by atoms with Crippen LogP contribution in [0.15, 0.2) is 16.6 Å². The average Bonchev–Trinajstić information content (AvgIpc) is 2.47. The number of hydrogen-bond donors (Lipinski definition) is 0. The third-order valence-corrected chi connectivity index (χ3v) is 5.41. The van der Waals surface area contributed by atoms with E-state index in [9.17, 15) is 4.79 Å². The molecule has 0 aliphatic heterocycles. The number of ether oxygens (including phenoxy) is 1. The average molecular weight is 408 g/mol. The molecule has 1 aromatic rings. The van der Waals surface area contributed by atoms with Crippen LogP contribution in [0.2, 0.25) is 5.02 Å². The number of carbonyl (C=O) groups is 1. The van der Waals surface area contributed by atoms with Gasteiger partial charge in [-0.05, 0) is 55.4 Å². The van der Waals surface area contributed by atoms with E-state index in [1.807, 2.05) is 12.1 Å². The van der Waals surface area contributed by atoms with Crippen molar-refractivity contribution >= 4 is 45.1 Å². The van der Waals surface area contributed by atoms with Gasteiger partial charge in [-0.15, -0.1) is 11.6 Å². The molecule has 1 aliphatic carbocycles. The van der Waals surface area contributed by atoms with E-state index in [0.717, 1.165) is 15.1 Å². The maximum atomic E-state index is 11.6. The predicted molar refractivity (Wildman–Crippen MR) is 95.0 cm³/mol. The highest BCUT2D eigenvalue weighted by molar-refractivity contribution is 9.10. The highest BCUT2D eigenvalue weighted by Gasteiger charge is 2.23. The van der Waals surface area contributed by atoms with Gasteiger partial charge in [-0.3, -0.25) is 4.79 Å². The van der Waals surface area contributed by atoms with Crippen molar-refractivity contribution in [1.82, 2.24) is 0 Å². The first-order chi connectivity index (χ1) is 10.5. The normalized spacial score (nSPS) is 17.3. The van der Waals surface area contributed by atoms with Crippen molar-refractivity contribution in [3.63, 3.8) is 0 Å². The van der Waals surface area contributed by atoms with E-state index >= 15 is 0 Å². The Morgan fingerprint density at radius 1 is 1.36 bits per heavy atom. The molecule has 0 aromatic heterocycles. The Kier molecular flexibility index (Phi) is 7.04. The zero-order chi connectivity index (χ0) is 16.1. The van der Waals surface area contributed by atoms with Gasteiger partial charge >= 0.3 is 5.97 Å². The van der Waals surface area contributed by atoms with Crippen molar-refractivity contribution in [2.75, 3.05) is 6.61 Å². The number of carbonyl (C=O) groups excluding carboxylic acids is 1. The predicted octanol–water partition coefficient (Wildman–Crippen LogP) is 5.86. The lowest BCUT2D eigenvalue weighted by molar-refractivity contribution is -0.142. The molecule has 1 aromatic carbocycles.